The fourth-order valence-electron chi connectivity index (χ4n) is 2.35. The van der Waals surface area contributed by atoms with Gasteiger partial charge in [-0.05, 0) is 24.1 Å². The van der Waals surface area contributed by atoms with Gasteiger partial charge in [-0.3, -0.25) is 4.68 Å². The second-order valence-corrected chi connectivity index (χ2v) is 5.23. The summed E-state index contributed by atoms with van der Waals surface area (Å²) in [5, 5.41) is 32.7. The number of carboxylic acid groups (broad SMARTS) is 1. The van der Waals surface area contributed by atoms with Crippen LogP contribution in [0.25, 0.3) is 0 Å². The van der Waals surface area contributed by atoms with E-state index in [2.05, 4.69) is 5.10 Å². The van der Waals surface area contributed by atoms with Crippen LogP contribution in [-0.4, -0.2) is 44.2 Å². The largest absolute Gasteiger partial charge is 0.665 e. The van der Waals surface area contributed by atoms with E-state index in [9.17, 15) is 19.9 Å². The molecule has 0 bridgehead atoms. The van der Waals surface area contributed by atoms with Crippen molar-refractivity contribution in [3.63, 3.8) is 0 Å². The van der Waals surface area contributed by atoms with Gasteiger partial charge >= 0.3 is 12.7 Å². The van der Waals surface area contributed by atoms with Gasteiger partial charge in [0, 0.05) is 6.20 Å². The van der Waals surface area contributed by atoms with Crippen LogP contribution in [0, 0.1) is 6.92 Å². The van der Waals surface area contributed by atoms with Crippen molar-refractivity contribution in [1.29, 1.82) is 0 Å². The van der Waals surface area contributed by atoms with Crippen molar-refractivity contribution in [3.05, 3.63) is 41.2 Å². The summed E-state index contributed by atoms with van der Waals surface area (Å²) >= 11 is 0. The zero-order valence-corrected chi connectivity index (χ0v) is 11.8. The molecule has 0 saturated carbocycles. The molecule has 22 heavy (non-hydrogen) atoms. The summed E-state index contributed by atoms with van der Waals surface area (Å²) < 4.78 is 11.8. The van der Waals surface area contributed by atoms with Crippen LogP contribution in [0.2, 0.25) is 0 Å². The monoisotopic (exact) mass is 305 g/mol. The molecular formula is C13H14BN2O6-. The first-order valence-corrected chi connectivity index (χ1v) is 6.66. The number of hydrogen-bond acceptors (Lipinski definition) is 6. The number of hydrogen-bond donors (Lipinski definition) is 3. The Morgan fingerprint density at radius 3 is 2.86 bits per heavy atom. The molecule has 1 aliphatic heterocycles. The Labute approximate surface area is 125 Å². The van der Waals surface area contributed by atoms with Crippen LogP contribution < -0.4 is 9.39 Å². The minimum absolute atomic E-state index is 0.165. The van der Waals surface area contributed by atoms with Crippen LogP contribution in [0.3, 0.4) is 0 Å². The maximum atomic E-state index is 11.6. The second kappa shape index (κ2) is 5.04. The van der Waals surface area contributed by atoms with E-state index in [0.29, 0.717) is 5.56 Å². The highest BCUT2D eigenvalue weighted by atomic mass is 16.7. The van der Waals surface area contributed by atoms with E-state index in [1.807, 2.05) is 6.92 Å². The van der Waals surface area contributed by atoms with Gasteiger partial charge in [0.1, 0.15) is 11.3 Å². The Bertz CT molecular complexity index is 742. The molecule has 0 fully saturated rings. The number of carboxylic acids is 1. The van der Waals surface area contributed by atoms with E-state index < -0.39 is 19.2 Å². The van der Waals surface area contributed by atoms with Crippen LogP contribution in [-0.2, 0) is 6.54 Å². The maximum Gasteiger partial charge on any atom is 0.467 e. The molecule has 8 nitrogen and oxygen atoms in total. The van der Waals surface area contributed by atoms with Gasteiger partial charge in [0.25, 0.3) is 0 Å². The lowest BCUT2D eigenvalue weighted by Crippen LogP contribution is -2.51. The first-order chi connectivity index (χ1) is 10.4. The van der Waals surface area contributed by atoms with Crippen LogP contribution in [0.1, 0.15) is 21.5 Å². The lowest BCUT2D eigenvalue weighted by Gasteiger charge is -2.37. The molecule has 1 aromatic heterocycles. The van der Waals surface area contributed by atoms with Crippen LogP contribution in [0.5, 0.6) is 11.5 Å². The number of aromatic carboxylic acids is 1. The Kier molecular flexibility index (Phi) is 3.30. The Morgan fingerprint density at radius 2 is 2.23 bits per heavy atom. The number of carbonyl (C=O) groups is 1. The highest BCUT2D eigenvalue weighted by Gasteiger charge is 2.34. The molecule has 0 atom stereocenters. The average molecular weight is 305 g/mol. The van der Waals surface area contributed by atoms with Crippen molar-refractivity contribution in [1.82, 2.24) is 9.78 Å². The standard InChI is InChI=1S/C13H14BN2O6/c1-8-4-15-16(5-8)6-9-2-3-10-12(11(9)13(17)18)22-14(19,20)7-21-10/h2-5,19-20H,6-7H2,1H3,(H,17,18)/q-1. The van der Waals surface area contributed by atoms with Crippen molar-refractivity contribution in [3.8, 4) is 11.5 Å². The molecule has 116 valence electrons. The summed E-state index contributed by atoms with van der Waals surface area (Å²) in [6.45, 7) is -1.58. The summed E-state index contributed by atoms with van der Waals surface area (Å²) in [6.07, 6.45) is 3.43. The summed E-state index contributed by atoms with van der Waals surface area (Å²) in [7, 11) is 0. The van der Waals surface area contributed by atoms with Crippen molar-refractivity contribution in [2.45, 2.75) is 13.5 Å². The van der Waals surface area contributed by atoms with Crippen LogP contribution in [0.4, 0.5) is 0 Å². The smallest absolute Gasteiger partial charge is 0.467 e. The highest BCUT2D eigenvalue weighted by molar-refractivity contribution is 6.58. The molecule has 1 aliphatic rings. The molecule has 3 rings (SSSR count). The number of nitrogens with zero attached hydrogens (tertiary/aromatic N) is 2. The van der Waals surface area contributed by atoms with E-state index in [1.165, 1.54) is 0 Å². The van der Waals surface area contributed by atoms with Gasteiger partial charge < -0.3 is 24.5 Å². The summed E-state index contributed by atoms with van der Waals surface area (Å²) in [5.41, 5.74) is 1.20. The third-order valence-electron chi connectivity index (χ3n) is 3.28. The van der Waals surface area contributed by atoms with Gasteiger partial charge in [-0.1, -0.05) is 6.07 Å². The van der Waals surface area contributed by atoms with Crippen molar-refractivity contribution in [2.24, 2.45) is 0 Å². The van der Waals surface area contributed by atoms with Crippen molar-refractivity contribution < 1.29 is 29.3 Å². The number of fused-ring (bicyclic) bond motifs is 1. The topological polar surface area (TPSA) is 114 Å². The molecule has 0 radical (unpaired) electrons. The summed E-state index contributed by atoms with van der Waals surface area (Å²) in [4.78, 5) is 11.6. The summed E-state index contributed by atoms with van der Waals surface area (Å²) in [5.74, 6) is -1.25. The third kappa shape index (κ3) is 2.63. The Hall–Kier alpha value is -2.52. The maximum absolute atomic E-state index is 11.6. The zero-order chi connectivity index (χ0) is 15.9. The molecule has 1 aromatic carbocycles. The number of ether oxygens (including phenoxy) is 1. The minimum atomic E-state index is -3.22. The van der Waals surface area contributed by atoms with E-state index >= 15 is 0 Å². The lowest BCUT2D eigenvalue weighted by atomic mass is 9.80. The number of aromatic nitrogens is 2. The molecule has 3 N–H and O–H groups in total. The zero-order valence-electron chi connectivity index (χ0n) is 11.8. The average Bonchev–Trinajstić information content (AvgIpc) is 2.82. The molecule has 9 heteroatoms. The minimum Gasteiger partial charge on any atom is -0.665 e. The normalized spacial score (nSPS) is 15.6. The molecule has 2 heterocycles. The van der Waals surface area contributed by atoms with Gasteiger partial charge in [0.05, 0.1) is 19.2 Å². The summed E-state index contributed by atoms with van der Waals surface area (Å²) in [6, 6.07) is 3.14. The van der Waals surface area contributed by atoms with Gasteiger partial charge in [-0.2, -0.15) is 5.10 Å². The SMILES string of the molecule is Cc1cnn(Cc2ccc3c(c2C(=O)O)O[B-](O)(O)CO3)c1. The highest BCUT2D eigenvalue weighted by Crippen LogP contribution is 2.38. The van der Waals surface area contributed by atoms with Crippen LogP contribution >= 0.6 is 0 Å². The van der Waals surface area contributed by atoms with Gasteiger partial charge in [0.15, 0.2) is 5.75 Å². The van der Waals surface area contributed by atoms with Gasteiger partial charge in [0.2, 0.25) is 0 Å². The van der Waals surface area contributed by atoms with E-state index in [0.717, 1.165) is 5.56 Å². The van der Waals surface area contributed by atoms with E-state index in [-0.39, 0.29) is 23.6 Å². The molecule has 0 aliphatic carbocycles. The molecule has 0 saturated heterocycles. The quantitative estimate of drug-likeness (QED) is 0.693. The first kappa shape index (κ1) is 14.4. The predicted octanol–water partition coefficient (Wildman–Crippen LogP) is 0.172. The Balaban J connectivity index is 2.06. The fraction of sp³-hybridized carbons (Fsp3) is 0.231. The molecule has 2 aromatic rings. The van der Waals surface area contributed by atoms with Crippen LogP contribution in [0.15, 0.2) is 24.5 Å². The lowest BCUT2D eigenvalue weighted by molar-refractivity contribution is 0.0689. The van der Waals surface area contributed by atoms with Gasteiger partial charge in [-0.15, -0.1) is 0 Å². The van der Waals surface area contributed by atoms with Crippen molar-refractivity contribution >= 4 is 12.7 Å². The fourth-order valence-corrected chi connectivity index (χ4v) is 2.35. The second-order valence-electron chi connectivity index (χ2n) is 5.23. The molecule has 0 spiro atoms. The first-order valence-electron chi connectivity index (χ1n) is 6.66. The molecular weight excluding hydrogens is 291 g/mol. The van der Waals surface area contributed by atoms with E-state index in [1.54, 1.807) is 29.2 Å². The third-order valence-corrected chi connectivity index (χ3v) is 3.28. The number of rotatable bonds is 3. The Morgan fingerprint density at radius 1 is 1.45 bits per heavy atom. The predicted molar refractivity (Wildman–Crippen MR) is 75.8 cm³/mol. The number of aryl methyl sites for hydroxylation is 1. The number of benzene rings is 1. The van der Waals surface area contributed by atoms with E-state index in [4.69, 9.17) is 9.39 Å². The van der Waals surface area contributed by atoms with Gasteiger partial charge in [-0.25, -0.2) is 4.79 Å². The molecule has 0 unspecified atom stereocenters. The molecule has 0 amide bonds. The van der Waals surface area contributed by atoms with Crippen molar-refractivity contribution in [2.75, 3.05) is 6.51 Å².